The summed E-state index contributed by atoms with van der Waals surface area (Å²) in [4.78, 5) is 31.0. The number of likely N-dealkylation sites (tertiary alicyclic amines) is 2. The van der Waals surface area contributed by atoms with Crippen LogP contribution in [0.5, 0.6) is 0 Å². The molecule has 3 fully saturated rings. The van der Waals surface area contributed by atoms with Crippen LogP contribution in [0.2, 0.25) is 0 Å². The Morgan fingerprint density at radius 1 is 0.920 bits per heavy atom. The average molecular weight is 350 g/mol. The third-order valence-corrected chi connectivity index (χ3v) is 6.58. The molecule has 0 aromatic carbocycles. The van der Waals surface area contributed by atoms with Gasteiger partial charge in [0.15, 0.2) is 0 Å². The molecule has 0 spiro atoms. The van der Waals surface area contributed by atoms with Gasteiger partial charge in [-0.25, -0.2) is 0 Å². The van der Waals surface area contributed by atoms with Crippen molar-refractivity contribution in [3.05, 3.63) is 0 Å². The summed E-state index contributed by atoms with van der Waals surface area (Å²) in [6.45, 7) is 5.01. The summed E-state index contributed by atoms with van der Waals surface area (Å²) in [5.74, 6) is 1.14. The van der Waals surface area contributed by atoms with Crippen LogP contribution in [0.3, 0.4) is 0 Å². The van der Waals surface area contributed by atoms with Crippen LogP contribution >= 0.6 is 0 Å². The van der Waals surface area contributed by atoms with Gasteiger partial charge in [0, 0.05) is 39.1 Å². The number of amides is 2. The van der Waals surface area contributed by atoms with Gasteiger partial charge in [-0.2, -0.15) is 0 Å². The number of carbonyl (C=O) groups excluding carboxylic acids is 2. The summed E-state index contributed by atoms with van der Waals surface area (Å²) in [6, 6.07) is 0.690. The maximum atomic E-state index is 12.8. The van der Waals surface area contributed by atoms with Gasteiger partial charge in [0.05, 0.1) is 6.54 Å². The van der Waals surface area contributed by atoms with Crippen LogP contribution in [0.1, 0.15) is 64.7 Å². The predicted molar refractivity (Wildman–Crippen MR) is 99.2 cm³/mol. The predicted octanol–water partition coefficient (Wildman–Crippen LogP) is 2.50. The van der Waals surface area contributed by atoms with Crippen LogP contribution in [-0.4, -0.2) is 71.8 Å². The lowest BCUT2D eigenvalue weighted by Gasteiger charge is -2.35. The first-order chi connectivity index (χ1) is 12.1. The van der Waals surface area contributed by atoms with Gasteiger partial charge in [0.25, 0.3) is 0 Å². The van der Waals surface area contributed by atoms with E-state index < -0.39 is 0 Å². The first-order valence-electron chi connectivity index (χ1n) is 10.3. The summed E-state index contributed by atoms with van der Waals surface area (Å²) in [5.41, 5.74) is 0. The first kappa shape index (κ1) is 18.7. The van der Waals surface area contributed by atoms with Gasteiger partial charge in [-0.1, -0.05) is 19.3 Å². The number of rotatable bonds is 5. The highest BCUT2D eigenvalue weighted by atomic mass is 16.2. The molecule has 1 aliphatic carbocycles. The molecule has 2 heterocycles. The van der Waals surface area contributed by atoms with Crippen LogP contribution in [0, 0.1) is 5.92 Å². The second-order valence-corrected chi connectivity index (χ2v) is 8.38. The second kappa shape index (κ2) is 8.52. The van der Waals surface area contributed by atoms with Crippen LogP contribution in [0.15, 0.2) is 0 Å². The van der Waals surface area contributed by atoms with Gasteiger partial charge in [-0.3, -0.25) is 14.5 Å². The van der Waals surface area contributed by atoms with Crippen molar-refractivity contribution in [3.8, 4) is 0 Å². The van der Waals surface area contributed by atoms with Crippen LogP contribution in [0.4, 0.5) is 0 Å². The molecule has 1 saturated carbocycles. The Balaban J connectivity index is 1.53. The van der Waals surface area contributed by atoms with E-state index in [4.69, 9.17) is 0 Å². The SMILES string of the molecule is CC(=O)N1CCC[C@@H]1[C@@H]1CCCN1CC(=O)N(C)CC1CCCCC1. The molecule has 2 saturated heterocycles. The van der Waals surface area contributed by atoms with Crippen molar-refractivity contribution in [2.24, 2.45) is 5.92 Å². The van der Waals surface area contributed by atoms with Gasteiger partial charge < -0.3 is 9.80 Å². The highest BCUT2D eigenvalue weighted by Gasteiger charge is 2.39. The monoisotopic (exact) mass is 349 g/mol. The lowest BCUT2D eigenvalue weighted by atomic mass is 9.89. The summed E-state index contributed by atoms with van der Waals surface area (Å²) >= 11 is 0. The average Bonchev–Trinajstić information content (AvgIpc) is 3.24. The maximum absolute atomic E-state index is 12.8. The van der Waals surface area contributed by atoms with E-state index in [9.17, 15) is 9.59 Å². The van der Waals surface area contributed by atoms with Gasteiger partial charge in [-0.05, 0) is 51.0 Å². The Morgan fingerprint density at radius 3 is 2.32 bits per heavy atom. The van der Waals surface area contributed by atoms with Gasteiger partial charge in [0.1, 0.15) is 0 Å². The van der Waals surface area contributed by atoms with Crippen molar-refractivity contribution in [2.45, 2.75) is 76.8 Å². The highest BCUT2D eigenvalue weighted by Crippen LogP contribution is 2.30. The van der Waals surface area contributed by atoms with Crippen molar-refractivity contribution in [2.75, 3.05) is 33.2 Å². The van der Waals surface area contributed by atoms with Crippen LogP contribution in [-0.2, 0) is 9.59 Å². The molecule has 0 aromatic rings. The molecule has 0 N–H and O–H groups in total. The number of carbonyl (C=O) groups is 2. The van der Waals surface area contributed by atoms with Crippen LogP contribution < -0.4 is 0 Å². The minimum atomic E-state index is 0.190. The standard InChI is InChI=1S/C20H35N3O2/c1-16(24)23-13-7-11-19(23)18-10-6-12-22(18)15-20(25)21(2)14-17-8-4-3-5-9-17/h17-19H,3-15H2,1-2H3/t18-,19+/m0/s1. The van der Waals surface area contributed by atoms with E-state index in [0.29, 0.717) is 24.5 Å². The molecule has 0 aromatic heterocycles. The van der Waals surface area contributed by atoms with Crippen molar-refractivity contribution in [3.63, 3.8) is 0 Å². The number of hydrogen-bond donors (Lipinski definition) is 0. The van der Waals surface area contributed by atoms with Crippen LogP contribution in [0.25, 0.3) is 0 Å². The molecule has 0 bridgehead atoms. The molecule has 0 radical (unpaired) electrons. The van der Waals surface area contributed by atoms with E-state index in [1.54, 1.807) is 6.92 Å². The molecule has 2 aliphatic heterocycles. The van der Waals surface area contributed by atoms with E-state index in [0.717, 1.165) is 45.3 Å². The first-order valence-corrected chi connectivity index (χ1v) is 10.3. The van der Waals surface area contributed by atoms with E-state index in [-0.39, 0.29) is 11.8 Å². The molecule has 2 amide bonds. The fourth-order valence-electron chi connectivity index (χ4n) is 5.22. The molecule has 3 rings (SSSR count). The lowest BCUT2D eigenvalue weighted by molar-refractivity contribution is -0.133. The zero-order valence-electron chi connectivity index (χ0n) is 16.1. The van der Waals surface area contributed by atoms with E-state index in [2.05, 4.69) is 4.90 Å². The third kappa shape index (κ3) is 4.55. The largest absolute Gasteiger partial charge is 0.344 e. The van der Waals surface area contributed by atoms with Gasteiger partial charge >= 0.3 is 0 Å². The topological polar surface area (TPSA) is 43.9 Å². The molecule has 142 valence electrons. The highest BCUT2D eigenvalue weighted by molar-refractivity contribution is 5.78. The molecule has 5 nitrogen and oxygen atoms in total. The minimum Gasteiger partial charge on any atom is -0.344 e. The Bertz CT molecular complexity index is 476. The Kier molecular flexibility index (Phi) is 6.37. The molecule has 25 heavy (non-hydrogen) atoms. The van der Waals surface area contributed by atoms with E-state index in [1.165, 1.54) is 32.1 Å². The molecule has 0 unspecified atom stereocenters. The zero-order valence-corrected chi connectivity index (χ0v) is 16.1. The van der Waals surface area contributed by atoms with Crippen molar-refractivity contribution in [1.29, 1.82) is 0 Å². The number of nitrogens with zero attached hydrogens (tertiary/aromatic N) is 3. The smallest absolute Gasteiger partial charge is 0.236 e. The summed E-state index contributed by atoms with van der Waals surface area (Å²) < 4.78 is 0. The Morgan fingerprint density at radius 2 is 1.60 bits per heavy atom. The Labute approximate surface area is 152 Å². The van der Waals surface area contributed by atoms with Gasteiger partial charge in [-0.15, -0.1) is 0 Å². The summed E-state index contributed by atoms with van der Waals surface area (Å²) in [6.07, 6.45) is 11.0. The number of likely N-dealkylation sites (N-methyl/N-ethyl adjacent to an activating group) is 1. The lowest BCUT2D eigenvalue weighted by Crippen LogP contribution is -2.50. The maximum Gasteiger partial charge on any atom is 0.236 e. The fraction of sp³-hybridized carbons (Fsp3) is 0.900. The summed E-state index contributed by atoms with van der Waals surface area (Å²) in [7, 11) is 1.97. The third-order valence-electron chi connectivity index (χ3n) is 6.58. The van der Waals surface area contributed by atoms with Crippen molar-refractivity contribution < 1.29 is 9.59 Å². The quantitative estimate of drug-likeness (QED) is 0.766. The van der Waals surface area contributed by atoms with E-state index in [1.807, 2.05) is 16.8 Å². The second-order valence-electron chi connectivity index (χ2n) is 8.38. The van der Waals surface area contributed by atoms with Crippen molar-refractivity contribution in [1.82, 2.24) is 14.7 Å². The van der Waals surface area contributed by atoms with Crippen molar-refractivity contribution >= 4 is 11.8 Å². The molecular weight excluding hydrogens is 314 g/mol. The molecule has 2 atom stereocenters. The fourth-order valence-corrected chi connectivity index (χ4v) is 5.22. The van der Waals surface area contributed by atoms with E-state index >= 15 is 0 Å². The molecule has 5 heteroatoms. The Hall–Kier alpha value is -1.10. The number of hydrogen-bond acceptors (Lipinski definition) is 3. The molecular formula is C20H35N3O2. The normalized spacial score (nSPS) is 28.5. The zero-order chi connectivity index (χ0) is 17.8. The minimum absolute atomic E-state index is 0.190. The summed E-state index contributed by atoms with van der Waals surface area (Å²) in [5, 5.41) is 0. The van der Waals surface area contributed by atoms with Gasteiger partial charge in [0.2, 0.25) is 11.8 Å². The molecule has 3 aliphatic rings.